The summed E-state index contributed by atoms with van der Waals surface area (Å²) in [6.45, 7) is 1.67. The van der Waals surface area contributed by atoms with Gasteiger partial charge in [-0.1, -0.05) is 24.3 Å². The van der Waals surface area contributed by atoms with E-state index in [9.17, 15) is 5.11 Å². The average Bonchev–Trinajstić information content (AvgIpc) is 2.67. The predicted molar refractivity (Wildman–Crippen MR) is 97.3 cm³/mol. The SMILES string of the molecule is COc1ccc(C(O)CNCC2=Cc3ccccc3OC2)cc1OC. The third-order valence-corrected chi connectivity index (χ3v) is 4.17. The Morgan fingerprint density at radius 2 is 1.92 bits per heavy atom. The lowest BCUT2D eigenvalue weighted by Gasteiger charge is -2.19. The second-order valence-corrected chi connectivity index (χ2v) is 5.89. The van der Waals surface area contributed by atoms with Gasteiger partial charge in [-0.2, -0.15) is 0 Å². The van der Waals surface area contributed by atoms with Gasteiger partial charge in [0.1, 0.15) is 12.4 Å². The van der Waals surface area contributed by atoms with Gasteiger partial charge in [0.2, 0.25) is 0 Å². The van der Waals surface area contributed by atoms with E-state index < -0.39 is 6.10 Å². The zero-order valence-corrected chi connectivity index (χ0v) is 14.5. The van der Waals surface area contributed by atoms with Crippen molar-refractivity contribution in [3.8, 4) is 17.2 Å². The average molecular weight is 341 g/mol. The Morgan fingerprint density at radius 3 is 2.72 bits per heavy atom. The van der Waals surface area contributed by atoms with Crippen molar-refractivity contribution in [2.75, 3.05) is 33.9 Å². The number of fused-ring (bicyclic) bond motifs is 1. The highest BCUT2D eigenvalue weighted by Crippen LogP contribution is 2.30. The van der Waals surface area contributed by atoms with Crippen LogP contribution < -0.4 is 19.5 Å². The van der Waals surface area contributed by atoms with Crippen LogP contribution in [0.1, 0.15) is 17.2 Å². The van der Waals surface area contributed by atoms with Crippen LogP contribution in [0.2, 0.25) is 0 Å². The van der Waals surface area contributed by atoms with Gasteiger partial charge in [0.05, 0.1) is 20.3 Å². The van der Waals surface area contributed by atoms with Gasteiger partial charge in [-0.3, -0.25) is 0 Å². The van der Waals surface area contributed by atoms with Crippen LogP contribution in [-0.4, -0.2) is 39.0 Å². The molecule has 0 radical (unpaired) electrons. The maximum Gasteiger partial charge on any atom is 0.161 e. The summed E-state index contributed by atoms with van der Waals surface area (Å²) in [5.41, 5.74) is 3.02. The number of rotatable bonds is 7. The Balaban J connectivity index is 1.56. The molecule has 132 valence electrons. The maximum absolute atomic E-state index is 10.4. The topological polar surface area (TPSA) is 60.0 Å². The molecule has 0 aromatic heterocycles. The van der Waals surface area contributed by atoms with Crippen LogP contribution in [-0.2, 0) is 0 Å². The van der Waals surface area contributed by atoms with Crippen LogP contribution in [0.4, 0.5) is 0 Å². The summed E-state index contributed by atoms with van der Waals surface area (Å²) < 4.78 is 16.2. The van der Waals surface area contributed by atoms with Crippen molar-refractivity contribution in [1.82, 2.24) is 5.32 Å². The molecule has 2 aromatic carbocycles. The van der Waals surface area contributed by atoms with Crippen molar-refractivity contribution in [2.45, 2.75) is 6.10 Å². The summed E-state index contributed by atoms with van der Waals surface area (Å²) in [7, 11) is 3.17. The van der Waals surface area contributed by atoms with Crippen molar-refractivity contribution in [1.29, 1.82) is 0 Å². The molecule has 5 heteroatoms. The molecule has 5 nitrogen and oxygen atoms in total. The van der Waals surface area contributed by atoms with Crippen molar-refractivity contribution in [3.05, 3.63) is 59.2 Å². The molecule has 1 aliphatic rings. The number of ether oxygens (including phenoxy) is 3. The van der Waals surface area contributed by atoms with Gasteiger partial charge in [0.25, 0.3) is 0 Å². The zero-order chi connectivity index (χ0) is 17.6. The summed E-state index contributed by atoms with van der Waals surface area (Å²) >= 11 is 0. The molecule has 0 spiro atoms. The molecular weight excluding hydrogens is 318 g/mol. The molecular formula is C20H23NO4. The van der Waals surface area contributed by atoms with E-state index in [2.05, 4.69) is 11.4 Å². The van der Waals surface area contributed by atoms with Gasteiger partial charge in [-0.15, -0.1) is 0 Å². The number of hydrogen-bond acceptors (Lipinski definition) is 5. The summed E-state index contributed by atoms with van der Waals surface area (Å²) in [5, 5.41) is 13.7. The van der Waals surface area contributed by atoms with Crippen molar-refractivity contribution >= 4 is 6.08 Å². The number of para-hydroxylation sites is 1. The van der Waals surface area contributed by atoms with Crippen LogP contribution in [0, 0.1) is 0 Å². The fourth-order valence-corrected chi connectivity index (χ4v) is 2.81. The molecule has 1 unspecified atom stereocenters. The van der Waals surface area contributed by atoms with Gasteiger partial charge in [0.15, 0.2) is 11.5 Å². The standard InChI is InChI=1S/C20H23NO4/c1-23-19-8-7-15(10-20(19)24-2)17(22)12-21-11-14-9-16-5-3-4-6-18(16)25-13-14/h3-10,17,21-22H,11-13H2,1-2H3. The van der Waals surface area contributed by atoms with E-state index in [0.29, 0.717) is 31.2 Å². The van der Waals surface area contributed by atoms with Gasteiger partial charge in [-0.25, -0.2) is 0 Å². The Labute approximate surface area is 147 Å². The van der Waals surface area contributed by atoms with E-state index in [1.807, 2.05) is 30.3 Å². The Kier molecular flexibility index (Phi) is 5.58. The minimum absolute atomic E-state index is 0.439. The minimum atomic E-state index is -0.628. The highest BCUT2D eigenvalue weighted by molar-refractivity contribution is 5.62. The van der Waals surface area contributed by atoms with Crippen LogP contribution >= 0.6 is 0 Å². The largest absolute Gasteiger partial charge is 0.493 e. The van der Waals surface area contributed by atoms with E-state index >= 15 is 0 Å². The molecule has 1 aliphatic heterocycles. The summed E-state index contributed by atoms with van der Waals surface area (Å²) in [6.07, 6.45) is 1.51. The molecule has 3 rings (SSSR count). The number of benzene rings is 2. The fourth-order valence-electron chi connectivity index (χ4n) is 2.81. The molecule has 0 saturated heterocycles. The monoisotopic (exact) mass is 341 g/mol. The van der Waals surface area contributed by atoms with Gasteiger partial charge in [0, 0.05) is 18.7 Å². The number of hydrogen-bond donors (Lipinski definition) is 2. The van der Waals surface area contributed by atoms with Crippen molar-refractivity contribution in [3.63, 3.8) is 0 Å². The minimum Gasteiger partial charge on any atom is -0.493 e. The van der Waals surface area contributed by atoms with Crippen LogP contribution in [0.3, 0.4) is 0 Å². The quantitative estimate of drug-likeness (QED) is 0.811. The summed E-state index contributed by atoms with van der Waals surface area (Å²) in [6, 6.07) is 13.4. The van der Waals surface area contributed by atoms with E-state index in [-0.39, 0.29) is 0 Å². The second-order valence-electron chi connectivity index (χ2n) is 5.89. The van der Waals surface area contributed by atoms with Gasteiger partial charge < -0.3 is 24.6 Å². The number of methoxy groups -OCH3 is 2. The molecule has 2 N–H and O–H groups in total. The first-order valence-corrected chi connectivity index (χ1v) is 8.23. The second kappa shape index (κ2) is 8.05. The fraction of sp³-hybridized carbons (Fsp3) is 0.300. The highest BCUT2D eigenvalue weighted by Gasteiger charge is 2.13. The van der Waals surface area contributed by atoms with Crippen LogP contribution in [0.25, 0.3) is 6.08 Å². The lowest BCUT2D eigenvalue weighted by atomic mass is 10.1. The normalized spacial score (nSPS) is 14.1. The summed E-state index contributed by atoms with van der Waals surface area (Å²) in [4.78, 5) is 0. The molecule has 0 fully saturated rings. The maximum atomic E-state index is 10.4. The Morgan fingerprint density at radius 1 is 1.12 bits per heavy atom. The van der Waals surface area contributed by atoms with Crippen LogP contribution in [0.5, 0.6) is 17.2 Å². The number of aliphatic hydroxyl groups excluding tert-OH is 1. The molecule has 1 atom stereocenters. The first-order valence-electron chi connectivity index (χ1n) is 8.23. The Hall–Kier alpha value is -2.50. The van der Waals surface area contributed by atoms with E-state index in [1.165, 1.54) is 0 Å². The third kappa shape index (κ3) is 4.13. The third-order valence-electron chi connectivity index (χ3n) is 4.17. The van der Waals surface area contributed by atoms with Crippen LogP contribution in [0.15, 0.2) is 48.0 Å². The molecule has 1 heterocycles. The molecule has 0 bridgehead atoms. The molecule has 2 aromatic rings. The lowest BCUT2D eigenvalue weighted by molar-refractivity contribution is 0.175. The van der Waals surface area contributed by atoms with E-state index in [1.54, 1.807) is 26.4 Å². The molecule has 0 amide bonds. The molecule has 0 saturated carbocycles. The summed E-state index contributed by atoms with van der Waals surface area (Å²) in [5.74, 6) is 2.17. The van der Waals surface area contributed by atoms with Crippen molar-refractivity contribution in [2.24, 2.45) is 0 Å². The first kappa shape index (κ1) is 17.3. The first-order chi connectivity index (χ1) is 12.2. The molecule has 25 heavy (non-hydrogen) atoms. The smallest absolute Gasteiger partial charge is 0.161 e. The highest BCUT2D eigenvalue weighted by atomic mass is 16.5. The van der Waals surface area contributed by atoms with E-state index in [0.717, 1.165) is 22.4 Å². The Bertz CT molecular complexity index is 757. The number of aliphatic hydroxyl groups is 1. The zero-order valence-electron chi connectivity index (χ0n) is 14.5. The van der Waals surface area contributed by atoms with Gasteiger partial charge >= 0.3 is 0 Å². The van der Waals surface area contributed by atoms with Crippen molar-refractivity contribution < 1.29 is 19.3 Å². The lowest BCUT2D eigenvalue weighted by Crippen LogP contribution is -2.26. The van der Waals surface area contributed by atoms with E-state index in [4.69, 9.17) is 14.2 Å². The van der Waals surface area contributed by atoms with Gasteiger partial charge in [-0.05, 0) is 35.4 Å². The predicted octanol–water partition coefficient (Wildman–Crippen LogP) is 2.80. The molecule has 0 aliphatic carbocycles. The number of nitrogens with one attached hydrogen (secondary N) is 1.